The number of halogens is 1. The topological polar surface area (TPSA) is 50.2 Å². The summed E-state index contributed by atoms with van der Waals surface area (Å²) in [6.07, 6.45) is 6.49. The van der Waals surface area contributed by atoms with Crippen molar-refractivity contribution >= 4 is 18.3 Å². The first kappa shape index (κ1) is 15.3. The fraction of sp³-hybridized carbons (Fsp3) is 0.714. The van der Waals surface area contributed by atoms with E-state index in [1.165, 1.54) is 0 Å². The molecule has 1 unspecified atom stereocenters. The van der Waals surface area contributed by atoms with E-state index in [1.54, 1.807) is 6.20 Å². The molecule has 1 amide bonds. The molecule has 0 spiro atoms. The fourth-order valence-corrected chi connectivity index (χ4v) is 3.32. The van der Waals surface area contributed by atoms with E-state index in [0.29, 0.717) is 5.92 Å². The molecule has 2 saturated heterocycles. The third-order valence-electron chi connectivity index (χ3n) is 4.48. The summed E-state index contributed by atoms with van der Waals surface area (Å²) in [6, 6.07) is 1.91. The van der Waals surface area contributed by atoms with E-state index in [9.17, 15) is 4.79 Å². The average molecular weight is 299 g/mol. The van der Waals surface area contributed by atoms with Crippen LogP contribution in [0, 0.1) is 5.92 Å². The summed E-state index contributed by atoms with van der Waals surface area (Å²) in [5.74, 6) is 0.891. The zero-order valence-electron chi connectivity index (χ0n) is 11.9. The number of nitrogens with zero attached hydrogens (tertiary/aromatic N) is 3. The summed E-state index contributed by atoms with van der Waals surface area (Å²) in [5, 5.41) is 7.71. The van der Waals surface area contributed by atoms with Crippen LogP contribution in [0.15, 0.2) is 18.5 Å². The number of hydrogen-bond acceptors (Lipinski definition) is 3. The quantitative estimate of drug-likeness (QED) is 0.894. The van der Waals surface area contributed by atoms with Crippen LogP contribution in [0.1, 0.15) is 26.2 Å². The number of nitrogens with one attached hydrogen (secondary N) is 1. The highest BCUT2D eigenvalue weighted by molar-refractivity contribution is 5.85. The zero-order chi connectivity index (χ0) is 13.3. The molecule has 2 aliphatic heterocycles. The van der Waals surface area contributed by atoms with Crippen molar-refractivity contribution in [1.82, 2.24) is 20.0 Å². The van der Waals surface area contributed by atoms with E-state index in [1.807, 2.05) is 21.8 Å². The smallest absolute Gasteiger partial charge is 0.250 e. The van der Waals surface area contributed by atoms with Crippen LogP contribution in [0.4, 0.5) is 0 Å². The first-order valence-electron chi connectivity index (χ1n) is 7.22. The van der Waals surface area contributed by atoms with Gasteiger partial charge in [-0.2, -0.15) is 5.10 Å². The highest BCUT2D eigenvalue weighted by atomic mass is 35.5. The van der Waals surface area contributed by atoms with Crippen molar-refractivity contribution in [3.63, 3.8) is 0 Å². The zero-order valence-corrected chi connectivity index (χ0v) is 12.7. The molecule has 2 fully saturated rings. The van der Waals surface area contributed by atoms with E-state index in [2.05, 4.69) is 17.3 Å². The third kappa shape index (κ3) is 2.56. The van der Waals surface area contributed by atoms with Crippen molar-refractivity contribution in [3.05, 3.63) is 18.5 Å². The van der Waals surface area contributed by atoms with Crippen LogP contribution in [0.2, 0.25) is 0 Å². The Balaban J connectivity index is 0.00000147. The molecule has 0 aliphatic carbocycles. The first-order chi connectivity index (χ1) is 9.22. The Labute approximate surface area is 126 Å². The van der Waals surface area contributed by atoms with E-state index >= 15 is 0 Å². The Morgan fingerprint density at radius 1 is 1.40 bits per heavy atom. The molecule has 0 bridgehead atoms. The Hall–Kier alpha value is -1.07. The van der Waals surface area contributed by atoms with Gasteiger partial charge in [0.05, 0.1) is 0 Å². The van der Waals surface area contributed by atoms with E-state index in [4.69, 9.17) is 0 Å². The van der Waals surface area contributed by atoms with Gasteiger partial charge in [-0.25, -0.2) is 0 Å². The highest BCUT2D eigenvalue weighted by Crippen LogP contribution is 2.31. The molecule has 1 aromatic rings. The minimum Gasteiger partial charge on any atom is -0.340 e. The van der Waals surface area contributed by atoms with Crippen molar-refractivity contribution in [3.8, 4) is 0 Å². The Kier molecular flexibility index (Phi) is 4.70. The minimum absolute atomic E-state index is 0. The van der Waals surface area contributed by atoms with Gasteiger partial charge in [0.2, 0.25) is 0 Å². The Bertz CT molecular complexity index is 442. The van der Waals surface area contributed by atoms with E-state index in [0.717, 1.165) is 45.4 Å². The maximum Gasteiger partial charge on any atom is 0.250 e. The highest BCUT2D eigenvalue weighted by Gasteiger charge is 2.45. The minimum atomic E-state index is -0.460. The second-order valence-electron chi connectivity index (χ2n) is 5.88. The summed E-state index contributed by atoms with van der Waals surface area (Å²) in [5.41, 5.74) is -0.460. The van der Waals surface area contributed by atoms with Crippen LogP contribution >= 0.6 is 12.4 Å². The van der Waals surface area contributed by atoms with Crippen LogP contribution in [0.3, 0.4) is 0 Å². The maximum absolute atomic E-state index is 13.0. The number of rotatable bonds is 2. The lowest BCUT2D eigenvalue weighted by molar-refractivity contribution is -0.142. The van der Waals surface area contributed by atoms with Crippen molar-refractivity contribution in [2.45, 2.75) is 31.7 Å². The Morgan fingerprint density at radius 3 is 2.70 bits per heavy atom. The molecule has 1 aromatic heterocycles. The summed E-state index contributed by atoms with van der Waals surface area (Å²) >= 11 is 0. The molecule has 0 saturated carbocycles. The molecular formula is C14H23ClN4O. The SMILES string of the molecule is CC1CCN(C(=O)C2(n3cccn3)CCNCC2)C1.Cl. The lowest BCUT2D eigenvalue weighted by atomic mass is 9.87. The second kappa shape index (κ2) is 6.14. The molecule has 3 rings (SSSR count). The molecule has 1 N–H and O–H groups in total. The van der Waals surface area contributed by atoms with Gasteiger partial charge >= 0.3 is 0 Å². The fourth-order valence-electron chi connectivity index (χ4n) is 3.32. The van der Waals surface area contributed by atoms with Crippen molar-refractivity contribution < 1.29 is 4.79 Å². The maximum atomic E-state index is 13.0. The van der Waals surface area contributed by atoms with Crippen LogP contribution in [-0.2, 0) is 10.3 Å². The van der Waals surface area contributed by atoms with Gasteiger partial charge < -0.3 is 10.2 Å². The van der Waals surface area contributed by atoms with Crippen molar-refractivity contribution in [2.24, 2.45) is 5.92 Å². The van der Waals surface area contributed by atoms with Gasteiger partial charge in [-0.1, -0.05) is 6.92 Å². The van der Waals surface area contributed by atoms with Gasteiger partial charge in [-0.15, -0.1) is 12.4 Å². The number of amides is 1. The van der Waals surface area contributed by atoms with Crippen LogP contribution in [0.25, 0.3) is 0 Å². The lowest BCUT2D eigenvalue weighted by Gasteiger charge is -2.39. The molecule has 5 nitrogen and oxygen atoms in total. The van der Waals surface area contributed by atoms with Crippen LogP contribution in [-0.4, -0.2) is 46.8 Å². The molecule has 6 heteroatoms. The average Bonchev–Trinajstić information content (AvgIpc) is 3.10. The van der Waals surface area contributed by atoms with Gasteiger partial charge in [-0.05, 0) is 44.3 Å². The number of hydrogen-bond donors (Lipinski definition) is 1. The molecule has 0 radical (unpaired) electrons. The molecule has 112 valence electrons. The second-order valence-corrected chi connectivity index (χ2v) is 5.88. The first-order valence-corrected chi connectivity index (χ1v) is 7.22. The van der Waals surface area contributed by atoms with Gasteiger partial charge in [0, 0.05) is 25.5 Å². The number of likely N-dealkylation sites (tertiary alicyclic amines) is 1. The van der Waals surface area contributed by atoms with E-state index in [-0.39, 0.29) is 18.3 Å². The summed E-state index contributed by atoms with van der Waals surface area (Å²) in [6.45, 7) is 5.78. The molecule has 0 aromatic carbocycles. The predicted octanol–water partition coefficient (Wildman–Crippen LogP) is 1.25. The Morgan fingerprint density at radius 2 is 2.15 bits per heavy atom. The van der Waals surface area contributed by atoms with Crippen molar-refractivity contribution in [2.75, 3.05) is 26.2 Å². The predicted molar refractivity (Wildman–Crippen MR) is 79.9 cm³/mol. The molecule has 1 atom stereocenters. The van der Waals surface area contributed by atoms with E-state index < -0.39 is 5.54 Å². The van der Waals surface area contributed by atoms with Crippen molar-refractivity contribution in [1.29, 1.82) is 0 Å². The largest absolute Gasteiger partial charge is 0.340 e. The molecular weight excluding hydrogens is 276 g/mol. The lowest BCUT2D eigenvalue weighted by Crippen LogP contribution is -2.55. The van der Waals surface area contributed by atoms with Crippen LogP contribution in [0.5, 0.6) is 0 Å². The summed E-state index contributed by atoms with van der Waals surface area (Å²) in [4.78, 5) is 15.0. The van der Waals surface area contributed by atoms with Gasteiger partial charge in [-0.3, -0.25) is 9.48 Å². The summed E-state index contributed by atoms with van der Waals surface area (Å²) in [7, 11) is 0. The number of carbonyl (C=O) groups is 1. The number of carbonyl (C=O) groups excluding carboxylic acids is 1. The molecule has 2 aliphatic rings. The molecule has 3 heterocycles. The van der Waals surface area contributed by atoms with Gasteiger partial charge in [0.15, 0.2) is 0 Å². The van der Waals surface area contributed by atoms with Gasteiger partial charge in [0.1, 0.15) is 5.54 Å². The van der Waals surface area contributed by atoms with Crippen LogP contribution < -0.4 is 5.32 Å². The normalized spacial score (nSPS) is 25.2. The summed E-state index contributed by atoms with van der Waals surface area (Å²) < 4.78 is 1.89. The standard InChI is InChI=1S/C14H22N4O.ClH/c1-12-3-10-17(11-12)13(19)14(4-7-15-8-5-14)18-9-2-6-16-18;/h2,6,9,12,15H,3-5,7-8,10-11H2,1H3;1H. The monoisotopic (exact) mass is 298 g/mol. The number of aromatic nitrogens is 2. The number of piperidine rings is 1. The van der Waals surface area contributed by atoms with Gasteiger partial charge in [0.25, 0.3) is 5.91 Å². The third-order valence-corrected chi connectivity index (χ3v) is 4.48. The molecule has 20 heavy (non-hydrogen) atoms.